The first kappa shape index (κ1) is 14.2. The molecule has 1 atom stereocenters. The molecule has 98 valence electrons. The molecule has 4 heteroatoms. The van der Waals surface area contributed by atoms with Gasteiger partial charge in [0, 0.05) is 26.0 Å². The highest BCUT2D eigenvalue weighted by atomic mass is 15.2. The van der Waals surface area contributed by atoms with Gasteiger partial charge in [0.25, 0.3) is 0 Å². The largest absolute Gasteiger partial charge is 0.337 e. The Labute approximate surface area is 105 Å². The van der Waals surface area contributed by atoms with Crippen LogP contribution in [-0.4, -0.2) is 41.1 Å². The van der Waals surface area contributed by atoms with E-state index < -0.39 is 0 Å². The Morgan fingerprint density at radius 2 is 2.29 bits per heavy atom. The van der Waals surface area contributed by atoms with E-state index in [1.807, 2.05) is 19.4 Å². The summed E-state index contributed by atoms with van der Waals surface area (Å²) in [5, 5.41) is 3.46. The molecule has 17 heavy (non-hydrogen) atoms. The standard InChI is InChI=1S/C13H26N4/c1-5-6-14-9-12(2)10-16(3)11-13-15-7-8-17(13)4/h7-8,12,14H,5-6,9-11H2,1-4H3. The Hall–Kier alpha value is -0.870. The van der Waals surface area contributed by atoms with Crippen LogP contribution < -0.4 is 5.32 Å². The SMILES string of the molecule is CCCNCC(C)CN(C)Cc1nccn1C. The topological polar surface area (TPSA) is 33.1 Å². The van der Waals surface area contributed by atoms with E-state index in [-0.39, 0.29) is 0 Å². The van der Waals surface area contributed by atoms with E-state index in [2.05, 4.69) is 40.7 Å². The molecule has 0 aliphatic rings. The van der Waals surface area contributed by atoms with E-state index in [4.69, 9.17) is 0 Å². The molecule has 0 spiro atoms. The number of rotatable bonds is 8. The minimum Gasteiger partial charge on any atom is -0.337 e. The summed E-state index contributed by atoms with van der Waals surface area (Å²) >= 11 is 0. The van der Waals surface area contributed by atoms with Crippen molar-refractivity contribution in [2.24, 2.45) is 13.0 Å². The van der Waals surface area contributed by atoms with Crippen molar-refractivity contribution in [2.75, 3.05) is 26.7 Å². The smallest absolute Gasteiger partial charge is 0.122 e. The molecule has 1 unspecified atom stereocenters. The molecule has 0 radical (unpaired) electrons. The quantitative estimate of drug-likeness (QED) is 0.697. The van der Waals surface area contributed by atoms with E-state index in [1.54, 1.807) is 0 Å². The van der Waals surface area contributed by atoms with Crippen LogP contribution in [0.15, 0.2) is 12.4 Å². The second kappa shape index (κ2) is 7.45. The van der Waals surface area contributed by atoms with Crippen molar-refractivity contribution < 1.29 is 0 Å². The summed E-state index contributed by atoms with van der Waals surface area (Å²) in [6.07, 6.45) is 5.06. The van der Waals surface area contributed by atoms with Gasteiger partial charge in [0.15, 0.2) is 0 Å². The van der Waals surface area contributed by atoms with Crippen LogP contribution in [0.25, 0.3) is 0 Å². The van der Waals surface area contributed by atoms with Crippen LogP contribution in [0, 0.1) is 5.92 Å². The van der Waals surface area contributed by atoms with Gasteiger partial charge in [-0.3, -0.25) is 4.90 Å². The van der Waals surface area contributed by atoms with Crippen LogP contribution in [0.3, 0.4) is 0 Å². The zero-order chi connectivity index (χ0) is 12.7. The molecule has 4 nitrogen and oxygen atoms in total. The summed E-state index contributed by atoms with van der Waals surface area (Å²) in [7, 11) is 4.20. The van der Waals surface area contributed by atoms with Crippen molar-refractivity contribution >= 4 is 0 Å². The Kier molecular flexibility index (Phi) is 6.22. The molecule has 1 rings (SSSR count). The van der Waals surface area contributed by atoms with Crippen molar-refractivity contribution in [3.05, 3.63) is 18.2 Å². The Bertz CT molecular complexity index is 308. The Morgan fingerprint density at radius 3 is 2.88 bits per heavy atom. The number of nitrogens with zero attached hydrogens (tertiary/aromatic N) is 3. The lowest BCUT2D eigenvalue weighted by molar-refractivity contribution is 0.266. The first-order chi connectivity index (χ1) is 8.13. The lowest BCUT2D eigenvalue weighted by Gasteiger charge is -2.21. The zero-order valence-electron chi connectivity index (χ0n) is 11.6. The molecule has 0 aliphatic heterocycles. The normalized spacial score (nSPS) is 13.2. The summed E-state index contributed by atoms with van der Waals surface area (Å²) in [5.41, 5.74) is 0. The minimum atomic E-state index is 0.673. The summed E-state index contributed by atoms with van der Waals surface area (Å²) in [5.74, 6) is 1.80. The monoisotopic (exact) mass is 238 g/mol. The van der Waals surface area contributed by atoms with Crippen LogP contribution >= 0.6 is 0 Å². The number of aromatic nitrogens is 2. The fourth-order valence-electron chi connectivity index (χ4n) is 1.98. The van der Waals surface area contributed by atoms with Gasteiger partial charge in [0.05, 0.1) is 6.54 Å². The lowest BCUT2D eigenvalue weighted by atomic mass is 10.1. The number of imidazole rings is 1. The fraction of sp³-hybridized carbons (Fsp3) is 0.769. The second-order valence-corrected chi connectivity index (χ2v) is 4.96. The van der Waals surface area contributed by atoms with Crippen LogP contribution in [0.4, 0.5) is 0 Å². The van der Waals surface area contributed by atoms with Gasteiger partial charge in [-0.1, -0.05) is 13.8 Å². The summed E-state index contributed by atoms with van der Waals surface area (Å²) in [6.45, 7) is 8.72. The number of hydrogen-bond donors (Lipinski definition) is 1. The van der Waals surface area contributed by atoms with Gasteiger partial charge in [-0.25, -0.2) is 4.98 Å². The van der Waals surface area contributed by atoms with Gasteiger partial charge < -0.3 is 9.88 Å². The molecular formula is C13H26N4. The van der Waals surface area contributed by atoms with Crippen molar-refractivity contribution in [3.63, 3.8) is 0 Å². The molecule has 1 aromatic rings. The molecule has 1 N–H and O–H groups in total. The highest BCUT2D eigenvalue weighted by molar-refractivity contribution is 4.90. The maximum absolute atomic E-state index is 4.34. The molecule has 0 fully saturated rings. The van der Waals surface area contributed by atoms with Crippen LogP contribution in [0.5, 0.6) is 0 Å². The lowest BCUT2D eigenvalue weighted by Crippen LogP contribution is -2.31. The highest BCUT2D eigenvalue weighted by Gasteiger charge is 2.08. The van der Waals surface area contributed by atoms with E-state index >= 15 is 0 Å². The summed E-state index contributed by atoms with van der Waals surface area (Å²) in [6, 6.07) is 0. The Balaban J connectivity index is 2.24. The molecule has 0 aromatic carbocycles. The van der Waals surface area contributed by atoms with Crippen LogP contribution in [0.1, 0.15) is 26.1 Å². The van der Waals surface area contributed by atoms with Gasteiger partial charge in [-0.05, 0) is 32.5 Å². The summed E-state index contributed by atoms with van der Waals surface area (Å²) in [4.78, 5) is 6.68. The van der Waals surface area contributed by atoms with E-state index in [0.717, 1.165) is 32.0 Å². The average molecular weight is 238 g/mol. The molecule has 0 saturated heterocycles. The Morgan fingerprint density at radius 1 is 1.53 bits per heavy atom. The van der Waals surface area contributed by atoms with Crippen LogP contribution in [-0.2, 0) is 13.6 Å². The van der Waals surface area contributed by atoms with E-state index in [0.29, 0.717) is 5.92 Å². The number of nitrogens with one attached hydrogen (secondary N) is 1. The highest BCUT2D eigenvalue weighted by Crippen LogP contribution is 2.03. The van der Waals surface area contributed by atoms with Gasteiger partial charge in [0.2, 0.25) is 0 Å². The van der Waals surface area contributed by atoms with Crippen molar-refractivity contribution in [1.82, 2.24) is 19.8 Å². The average Bonchev–Trinajstić information content (AvgIpc) is 2.64. The van der Waals surface area contributed by atoms with Gasteiger partial charge in [0.1, 0.15) is 5.82 Å². The first-order valence-electron chi connectivity index (χ1n) is 6.49. The van der Waals surface area contributed by atoms with Crippen LogP contribution in [0.2, 0.25) is 0 Å². The van der Waals surface area contributed by atoms with Gasteiger partial charge in [-0.2, -0.15) is 0 Å². The third kappa shape index (κ3) is 5.33. The van der Waals surface area contributed by atoms with Crippen molar-refractivity contribution in [2.45, 2.75) is 26.8 Å². The van der Waals surface area contributed by atoms with Gasteiger partial charge in [-0.15, -0.1) is 0 Å². The molecule has 1 heterocycles. The number of aryl methyl sites for hydroxylation is 1. The maximum atomic E-state index is 4.34. The third-order valence-corrected chi connectivity index (χ3v) is 2.88. The predicted octanol–water partition coefficient (Wildman–Crippen LogP) is 1.49. The van der Waals surface area contributed by atoms with E-state index in [9.17, 15) is 0 Å². The molecule has 0 amide bonds. The third-order valence-electron chi connectivity index (χ3n) is 2.88. The minimum absolute atomic E-state index is 0.673. The summed E-state index contributed by atoms with van der Waals surface area (Å²) < 4.78 is 2.08. The van der Waals surface area contributed by atoms with Crippen molar-refractivity contribution in [3.8, 4) is 0 Å². The van der Waals surface area contributed by atoms with Gasteiger partial charge >= 0.3 is 0 Å². The zero-order valence-corrected chi connectivity index (χ0v) is 11.6. The van der Waals surface area contributed by atoms with Crippen molar-refractivity contribution in [1.29, 1.82) is 0 Å². The molecule has 0 aliphatic carbocycles. The first-order valence-corrected chi connectivity index (χ1v) is 6.49. The molecule has 0 bridgehead atoms. The predicted molar refractivity (Wildman–Crippen MR) is 71.9 cm³/mol. The van der Waals surface area contributed by atoms with E-state index in [1.165, 1.54) is 6.42 Å². The molecule has 0 saturated carbocycles. The maximum Gasteiger partial charge on any atom is 0.122 e. The number of hydrogen-bond acceptors (Lipinski definition) is 3. The fourth-order valence-corrected chi connectivity index (χ4v) is 1.98. The molecule has 1 aromatic heterocycles. The second-order valence-electron chi connectivity index (χ2n) is 4.96. The molecular weight excluding hydrogens is 212 g/mol.